The number of rotatable bonds is 4. The molecule has 1 aliphatic carbocycles. The molecule has 1 N–H and O–H groups in total. The smallest absolute Gasteiger partial charge is 0.325 e. The van der Waals surface area contributed by atoms with E-state index in [0.717, 1.165) is 37.1 Å². The molecule has 3 aliphatic rings. The fraction of sp³-hybridized carbons (Fsp3) is 0.812. The molecule has 6 nitrogen and oxygen atoms in total. The third-order valence-electron chi connectivity index (χ3n) is 5.38. The van der Waals surface area contributed by atoms with Crippen LogP contribution in [0.3, 0.4) is 0 Å². The molecule has 2 aliphatic heterocycles. The van der Waals surface area contributed by atoms with Gasteiger partial charge in [-0.05, 0) is 44.4 Å². The number of amides is 4. The molecule has 0 aromatic heterocycles. The highest BCUT2D eigenvalue weighted by Crippen LogP contribution is 2.42. The molecule has 4 amide bonds. The maximum atomic E-state index is 12.6. The summed E-state index contributed by atoms with van der Waals surface area (Å²) in [5, 5.41) is 2.79. The van der Waals surface area contributed by atoms with Gasteiger partial charge in [0.05, 0.1) is 0 Å². The highest BCUT2D eigenvalue weighted by atomic mass is 16.2. The molecule has 3 fully saturated rings. The first kappa shape index (κ1) is 15.3. The second kappa shape index (κ2) is 5.25. The Bertz CT molecular complexity index is 515. The fourth-order valence-electron chi connectivity index (χ4n) is 3.82. The zero-order valence-electron chi connectivity index (χ0n) is 13.6. The van der Waals surface area contributed by atoms with Crippen LogP contribution in [-0.4, -0.2) is 52.3 Å². The van der Waals surface area contributed by atoms with Gasteiger partial charge in [-0.1, -0.05) is 13.8 Å². The van der Waals surface area contributed by atoms with E-state index in [-0.39, 0.29) is 30.3 Å². The van der Waals surface area contributed by atoms with Crippen LogP contribution in [0.1, 0.15) is 46.5 Å². The molecule has 2 saturated heterocycles. The highest BCUT2D eigenvalue weighted by Gasteiger charge is 2.56. The van der Waals surface area contributed by atoms with E-state index in [1.807, 2.05) is 4.90 Å². The van der Waals surface area contributed by atoms with Crippen molar-refractivity contribution in [2.24, 2.45) is 11.8 Å². The monoisotopic (exact) mass is 307 g/mol. The lowest BCUT2D eigenvalue weighted by Crippen LogP contribution is -2.48. The molecule has 1 saturated carbocycles. The number of hydrogen-bond donors (Lipinski definition) is 1. The van der Waals surface area contributed by atoms with E-state index in [2.05, 4.69) is 19.2 Å². The van der Waals surface area contributed by atoms with Gasteiger partial charge >= 0.3 is 6.03 Å². The van der Waals surface area contributed by atoms with Gasteiger partial charge in [0.25, 0.3) is 5.91 Å². The summed E-state index contributed by atoms with van der Waals surface area (Å²) in [5.74, 6) is 0.263. The van der Waals surface area contributed by atoms with Crippen molar-refractivity contribution in [2.75, 3.05) is 13.1 Å². The van der Waals surface area contributed by atoms with Crippen LogP contribution in [0.2, 0.25) is 0 Å². The minimum atomic E-state index is -0.806. The van der Waals surface area contributed by atoms with Crippen LogP contribution >= 0.6 is 0 Å². The molecule has 3 rings (SSSR count). The van der Waals surface area contributed by atoms with Crippen molar-refractivity contribution in [1.82, 2.24) is 15.1 Å². The lowest BCUT2D eigenvalue weighted by Gasteiger charge is -2.29. The van der Waals surface area contributed by atoms with Crippen LogP contribution < -0.4 is 5.32 Å². The van der Waals surface area contributed by atoms with E-state index < -0.39 is 11.6 Å². The molecule has 2 unspecified atom stereocenters. The van der Waals surface area contributed by atoms with Crippen LogP contribution in [0.25, 0.3) is 0 Å². The number of nitrogens with one attached hydrogen (secondary N) is 1. The summed E-state index contributed by atoms with van der Waals surface area (Å²) in [6, 6.07) is -0.198. The van der Waals surface area contributed by atoms with Crippen LogP contribution in [0.15, 0.2) is 0 Å². The lowest BCUT2D eigenvalue weighted by molar-refractivity contribution is -0.140. The van der Waals surface area contributed by atoms with Crippen LogP contribution in [0.4, 0.5) is 4.79 Å². The van der Waals surface area contributed by atoms with E-state index in [4.69, 9.17) is 0 Å². The van der Waals surface area contributed by atoms with Gasteiger partial charge in [-0.2, -0.15) is 0 Å². The number of nitrogens with zero attached hydrogens (tertiary/aromatic N) is 2. The minimum absolute atomic E-state index is 0.111. The van der Waals surface area contributed by atoms with E-state index in [9.17, 15) is 14.4 Å². The molecule has 0 aromatic rings. The molecule has 122 valence electrons. The predicted molar refractivity (Wildman–Crippen MR) is 80.9 cm³/mol. The fourth-order valence-corrected chi connectivity index (χ4v) is 3.82. The summed E-state index contributed by atoms with van der Waals surface area (Å²) < 4.78 is 0. The molecule has 2 heterocycles. The highest BCUT2D eigenvalue weighted by molar-refractivity contribution is 6.09. The molecule has 0 spiro atoms. The van der Waals surface area contributed by atoms with Crippen molar-refractivity contribution in [3.63, 3.8) is 0 Å². The topological polar surface area (TPSA) is 69.7 Å². The molecular formula is C16H25N3O3. The number of carbonyl (C=O) groups excluding carboxylic acids is 3. The summed E-state index contributed by atoms with van der Waals surface area (Å²) in [6.45, 7) is 6.59. The van der Waals surface area contributed by atoms with Gasteiger partial charge in [0.1, 0.15) is 12.1 Å². The first-order valence-electron chi connectivity index (χ1n) is 8.28. The summed E-state index contributed by atoms with van der Waals surface area (Å²) in [6.07, 6.45) is 3.93. The molecule has 0 aromatic carbocycles. The molecule has 0 bridgehead atoms. The van der Waals surface area contributed by atoms with Crippen LogP contribution in [0, 0.1) is 11.8 Å². The molecule has 2 atom stereocenters. The Hall–Kier alpha value is -1.59. The Kier molecular flexibility index (Phi) is 3.65. The second-order valence-electron chi connectivity index (χ2n) is 7.34. The van der Waals surface area contributed by atoms with Crippen LogP contribution in [0.5, 0.6) is 0 Å². The number of carbonyl (C=O) groups is 3. The number of urea groups is 1. The van der Waals surface area contributed by atoms with Gasteiger partial charge in [-0.25, -0.2) is 4.79 Å². The van der Waals surface area contributed by atoms with E-state index in [0.29, 0.717) is 5.92 Å². The van der Waals surface area contributed by atoms with Crippen molar-refractivity contribution in [3.05, 3.63) is 0 Å². The Balaban J connectivity index is 1.69. The van der Waals surface area contributed by atoms with E-state index in [1.165, 1.54) is 0 Å². The van der Waals surface area contributed by atoms with Crippen molar-refractivity contribution in [1.29, 1.82) is 0 Å². The molecule has 22 heavy (non-hydrogen) atoms. The molecule has 0 radical (unpaired) electrons. The lowest BCUT2D eigenvalue weighted by atomic mass is 9.96. The quantitative estimate of drug-likeness (QED) is 0.797. The zero-order chi connectivity index (χ0) is 16.1. The number of hydrogen-bond acceptors (Lipinski definition) is 3. The Morgan fingerprint density at radius 1 is 1.32 bits per heavy atom. The van der Waals surface area contributed by atoms with E-state index in [1.54, 1.807) is 6.92 Å². The molecular weight excluding hydrogens is 282 g/mol. The number of imide groups is 1. The standard InChI is InChI=1S/C16H25N3O3/c1-10(2)12-5-4-8-18(12)13(20)9-19-14(21)16(3,11-6-7-11)17-15(19)22/h10-12H,4-9H2,1-3H3,(H,17,22). The average molecular weight is 307 g/mol. The van der Waals surface area contributed by atoms with Crippen molar-refractivity contribution >= 4 is 17.8 Å². The molecule has 6 heteroatoms. The maximum Gasteiger partial charge on any atom is 0.325 e. The Morgan fingerprint density at radius 3 is 2.59 bits per heavy atom. The van der Waals surface area contributed by atoms with Crippen molar-refractivity contribution < 1.29 is 14.4 Å². The zero-order valence-corrected chi connectivity index (χ0v) is 13.6. The summed E-state index contributed by atoms with van der Waals surface area (Å²) in [5.41, 5.74) is -0.806. The number of likely N-dealkylation sites (tertiary alicyclic amines) is 1. The third kappa shape index (κ3) is 2.38. The summed E-state index contributed by atoms with van der Waals surface area (Å²) in [7, 11) is 0. The first-order chi connectivity index (χ1) is 10.3. The van der Waals surface area contributed by atoms with Crippen molar-refractivity contribution in [3.8, 4) is 0 Å². The van der Waals surface area contributed by atoms with Gasteiger partial charge in [-0.15, -0.1) is 0 Å². The van der Waals surface area contributed by atoms with E-state index >= 15 is 0 Å². The first-order valence-corrected chi connectivity index (χ1v) is 8.28. The normalized spacial score (nSPS) is 32.1. The summed E-state index contributed by atoms with van der Waals surface area (Å²) >= 11 is 0. The van der Waals surface area contributed by atoms with Gasteiger partial charge in [0.15, 0.2) is 0 Å². The predicted octanol–water partition coefficient (Wildman–Crippen LogP) is 1.35. The Labute approximate surface area is 131 Å². The third-order valence-corrected chi connectivity index (χ3v) is 5.38. The van der Waals surface area contributed by atoms with Gasteiger partial charge < -0.3 is 10.2 Å². The Morgan fingerprint density at radius 2 is 2.00 bits per heavy atom. The average Bonchev–Trinajstić information content (AvgIpc) is 3.15. The SMILES string of the molecule is CC(C)C1CCCN1C(=O)CN1C(=O)NC(C)(C2CC2)C1=O. The second-order valence-corrected chi connectivity index (χ2v) is 7.34. The van der Waals surface area contributed by atoms with Gasteiger partial charge in [0.2, 0.25) is 5.91 Å². The minimum Gasteiger partial charge on any atom is -0.338 e. The van der Waals surface area contributed by atoms with Gasteiger partial charge in [0, 0.05) is 12.6 Å². The van der Waals surface area contributed by atoms with Crippen LogP contribution in [-0.2, 0) is 9.59 Å². The largest absolute Gasteiger partial charge is 0.338 e. The van der Waals surface area contributed by atoms with Gasteiger partial charge in [-0.3, -0.25) is 14.5 Å². The summed E-state index contributed by atoms with van der Waals surface area (Å²) in [4.78, 5) is 40.2. The van der Waals surface area contributed by atoms with Crippen molar-refractivity contribution in [2.45, 2.75) is 58.0 Å². The maximum absolute atomic E-state index is 12.6.